The summed E-state index contributed by atoms with van der Waals surface area (Å²) in [5.74, 6) is 1.58. The minimum absolute atomic E-state index is 0.225. The highest BCUT2D eigenvalue weighted by molar-refractivity contribution is 6.30. The van der Waals surface area contributed by atoms with E-state index < -0.39 is 11.2 Å². The van der Waals surface area contributed by atoms with Crippen LogP contribution in [-0.4, -0.2) is 6.18 Å². The maximum Gasteiger partial charge on any atom is 0.426 e. The van der Waals surface area contributed by atoms with Crippen LogP contribution in [0.4, 0.5) is 13.2 Å². The Morgan fingerprint density at radius 3 is 2.36 bits per heavy atom. The van der Waals surface area contributed by atoms with Crippen LogP contribution in [0.3, 0.4) is 0 Å². The Morgan fingerprint density at radius 1 is 1.00 bits per heavy atom. The summed E-state index contributed by atoms with van der Waals surface area (Å²) >= 11 is 5.22. The molecule has 0 amide bonds. The van der Waals surface area contributed by atoms with E-state index in [0.717, 1.165) is 42.4 Å². The molecule has 0 radical (unpaired) electrons. The summed E-state index contributed by atoms with van der Waals surface area (Å²) < 4.78 is 43.0. The molecule has 0 saturated carbocycles. The minimum Gasteiger partial charge on any atom is -0.457 e. The lowest BCUT2D eigenvalue weighted by Crippen LogP contribution is -2.08. The molecule has 0 aliphatic heterocycles. The number of para-hydroxylation sites is 1. The van der Waals surface area contributed by atoms with Crippen molar-refractivity contribution in [2.45, 2.75) is 39.3 Å². The van der Waals surface area contributed by atoms with Gasteiger partial charge >= 0.3 is 6.18 Å². The monoisotopic (exact) mass is 408 g/mol. The molecule has 0 spiro atoms. The number of alkyl halides is 3. The van der Waals surface area contributed by atoms with Crippen molar-refractivity contribution in [3.05, 3.63) is 83.4 Å². The molecule has 0 unspecified atom stereocenters. The average molecular weight is 409 g/mol. The van der Waals surface area contributed by atoms with Gasteiger partial charge in [0.25, 0.3) is 0 Å². The Morgan fingerprint density at radius 2 is 1.68 bits per heavy atom. The van der Waals surface area contributed by atoms with Gasteiger partial charge in [-0.15, -0.1) is 0 Å². The van der Waals surface area contributed by atoms with Crippen LogP contribution in [0.1, 0.15) is 32.3 Å². The summed E-state index contributed by atoms with van der Waals surface area (Å²) in [5.41, 5.74) is 0.936. The predicted molar refractivity (Wildman–Crippen MR) is 109 cm³/mol. The van der Waals surface area contributed by atoms with Gasteiger partial charge in [0.15, 0.2) is 0 Å². The van der Waals surface area contributed by atoms with Gasteiger partial charge in [-0.05, 0) is 60.6 Å². The van der Waals surface area contributed by atoms with Crippen LogP contribution in [0.5, 0.6) is 11.5 Å². The molecule has 5 heteroatoms. The fourth-order valence-electron chi connectivity index (χ4n) is 2.71. The van der Waals surface area contributed by atoms with Crippen molar-refractivity contribution in [1.82, 2.24) is 0 Å². The molecule has 2 aromatic carbocycles. The van der Waals surface area contributed by atoms with Crippen LogP contribution in [0.25, 0.3) is 0 Å². The van der Waals surface area contributed by atoms with Gasteiger partial charge in [0.2, 0.25) is 0 Å². The highest BCUT2D eigenvalue weighted by Crippen LogP contribution is 2.30. The number of aryl methyl sites for hydroxylation is 1. The molecule has 2 aromatic rings. The third kappa shape index (κ3) is 7.81. The molecule has 0 saturated heterocycles. The van der Waals surface area contributed by atoms with E-state index in [9.17, 15) is 13.2 Å². The Hall–Kier alpha value is -2.20. The molecule has 0 bridgehead atoms. The number of rotatable bonds is 8. The average Bonchev–Trinajstić information content (AvgIpc) is 2.62. The number of ether oxygens (including phenoxy) is 1. The van der Waals surface area contributed by atoms with Crippen molar-refractivity contribution in [3.63, 3.8) is 0 Å². The van der Waals surface area contributed by atoms with E-state index in [1.807, 2.05) is 68.4 Å². The normalized spacial score (nSPS) is 13.1. The van der Waals surface area contributed by atoms with Crippen LogP contribution < -0.4 is 4.74 Å². The largest absolute Gasteiger partial charge is 0.457 e. The lowest BCUT2D eigenvalue weighted by molar-refractivity contribution is -0.0845. The van der Waals surface area contributed by atoms with Gasteiger partial charge in [-0.1, -0.05) is 67.9 Å². The number of benzene rings is 2. The highest BCUT2D eigenvalue weighted by atomic mass is 35.5. The number of hydrogen-bond donors (Lipinski definition) is 0. The Balaban J connectivity index is 1.87. The van der Waals surface area contributed by atoms with E-state index in [2.05, 4.69) is 0 Å². The second kappa shape index (κ2) is 9.83. The van der Waals surface area contributed by atoms with Crippen molar-refractivity contribution in [3.8, 4) is 11.5 Å². The van der Waals surface area contributed by atoms with Gasteiger partial charge in [-0.25, -0.2) is 0 Å². The molecule has 0 aliphatic carbocycles. The van der Waals surface area contributed by atoms with Crippen LogP contribution in [0, 0.1) is 5.41 Å². The van der Waals surface area contributed by atoms with Crippen LogP contribution in [0.15, 0.2) is 77.9 Å². The van der Waals surface area contributed by atoms with Gasteiger partial charge < -0.3 is 4.74 Å². The van der Waals surface area contributed by atoms with Crippen molar-refractivity contribution in [1.29, 1.82) is 0 Å². The fraction of sp³-hybridized carbons (Fsp3) is 0.304. The molecule has 0 N–H and O–H groups in total. The first-order chi connectivity index (χ1) is 13.2. The SMILES string of the molecule is CC(C)(C=CC=C(Cl)C(F)(F)F)CCCc1cccc(Oc2ccccc2)c1. The van der Waals surface area contributed by atoms with Crippen LogP contribution in [0.2, 0.25) is 0 Å². The maximum absolute atomic E-state index is 12.4. The number of hydrogen-bond acceptors (Lipinski definition) is 1. The summed E-state index contributed by atoms with van der Waals surface area (Å²) in [5, 5.41) is -1.12. The maximum atomic E-state index is 12.4. The van der Waals surface area contributed by atoms with Crippen molar-refractivity contribution in [2.75, 3.05) is 0 Å². The Labute approximate surface area is 169 Å². The second-order valence-corrected chi connectivity index (χ2v) is 7.68. The molecule has 150 valence electrons. The van der Waals surface area contributed by atoms with E-state index in [-0.39, 0.29) is 5.41 Å². The second-order valence-electron chi connectivity index (χ2n) is 7.28. The van der Waals surface area contributed by atoms with Crippen molar-refractivity contribution >= 4 is 11.6 Å². The number of allylic oxidation sites excluding steroid dienone is 4. The fourth-order valence-corrected chi connectivity index (χ4v) is 2.78. The third-order valence-electron chi connectivity index (χ3n) is 4.22. The molecule has 0 heterocycles. The van der Waals surface area contributed by atoms with Crippen molar-refractivity contribution < 1.29 is 17.9 Å². The molecule has 2 rings (SSSR count). The standard InChI is InChI=1S/C23H24ClF3O/c1-22(2,16-8-14-21(24)23(25,26)27)15-7-10-18-9-6-13-20(17-18)28-19-11-4-3-5-12-19/h3-6,8-9,11-14,16-17H,7,10,15H2,1-2H3. The first-order valence-electron chi connectivity index (χ1n) is 9.10. The summed E-state index contributed by atoms with van der Waals surface area (Å²) in [6.45, 7) is 3.99. The minimum atomic E-state index is -4.50. The van der Waals surface area contributed by atoms with Gasteiger partial charge in [0, 0.05) is 0 Å². The van der Waals surface area contributed by atoms with Crippen molar-refractivity contribution in [2.24, 2.45) is 5.41 Å². The molecule has 28 heavy (non-hydrogen) atoms. The Kier molecular flexibility index (Phi) is 7.76. The van der Waals surface area contributed by atoms with E-state index in [1.165, 1.54) is 6.08 Å². The summed E-state index contributed by atoms with van der Waals surface area (Å²) in [6, 6.07) is 17.5. The molecule has 0 aliphatic rings. The summed E-state index contributed by atoms with van der Waals surface area (Å²) in [4.78, 5) is 0. The first-order valence-corrected chi connectivity index (χ1v) is 9.48. The third-order valence-corrected chi connectivity index (χ3v) is 4.56. The topological polar surface area (TPSA) is 9.23 Å². The zero-order chi connectivity index (χ0) is 20.6. The quantitative estimate of drug-likeness (QED) is 0.401. The molecular formula is C23H24ClF3O. The molecular weight excluding hydrogens is 385 g/mol. The summed E-state index contributed by atoms with van der Waals surface area (Å²) in [7, 11) is 0. The van der Waals surface area contributed by atoms with Gasteiger partial charge in [0.05, 0.1) is 0 Å². The van der Waals surface area contributed by atoms with E-state index in [0.29, 0.717) is 0 Å². The Bertz CT molecular complexity index is 808. The molecule has 1 nitrogen and oxygen atoms in total. The molecule has 0 fully saturated rings. The number of halogens is 4. The highest BCUT2D eigenvalue weighted by Gasteiger charge is 2.31. The van der Waals surface area contributed by atoms with Gasteiger partial charge in [-0.2, -0.15) is 13.2 Å². The van der Waals surface area contributed by atoms with Crippen LogP contribution in [-0.2, 0) is 6.42 Å². The van der Waals surface area contributed by atoms with E-state index >= 15 is 0 Å². The van der Waals surface area contributed by atoms with Gasteiger partial charge in [-0.3, -0.25) is 0 Å². The van der Waals surface area contributed by atoms with E-state index in [1.54, 1.807) is 6.08 Å². The zero-order valence-electron chi connectivity index (χ0n) is 16.0. The summed E-state index contributed by atoms with van der Waals surface area (Å²) in [6.07, 6.45) is 2.15. The lowest BCUT2D eigenvalue weighted by atomic mass is 9.86. The zero-order valence-corrected chi connectivity index (χ0v) is 16.7. The predicted octanol–water partition coefficient (Wildman–Crippen LogP) is 8.07. The molecule has 0 aromatic heterocycles. The van der Waals surface area contributed by atoms with Gasteiger partial charge in [0.1, 0.15) is 16.5 Å². The smallest absolute Gasteiger partial charge is 0.426 e. The first kappa shape index (κ1) is 22.1. The molecule has 0 atom stereocenters. The lowest BCUT2D eigenvalue weighted by Gasteiger charge is -2.20. The van der Waals surface area contributed by atoms with E-state index in [4.69, 9.17) is 16.3 Å². The van der Waals surface area contributed by atoms with Crippen LogP contribution >= 0.6 is 11.6 Å².